The summed E-state index contributed by atoms with van der Waals surface area (Å²) >= 11 is 0. The minimum Gasteiger partial charge on any atom is -0.494 e. The molecule has 1 aromatic heterocycles. The van der Waals surface area contributed by atoms with Crippen molar-refractivity contribution in [2.75, 3.05) is 12.8 Å². The lowest BCUT2D eigenvalue weighted by molar-refractivity contribution is 0.419. The monoisotopic (exact) mass is 199 g/mol. The molecule has 1 heterocycles. The first-order valence-corrected chi connectivity index (χ1v) is 4.31. The van der Waals surface area contributed by atoms with Crippen molar-refractivity contribution in [3.63, 3.8) is 0 Å². The Hall–Kier alpha value is -2.28. The number of hydrogen-bond donors (Lipinski definition) is 1. The fourth-order valence-electron chi connectivity index (χ4n) is 1.37. The summed E-state index contributed by atoms with van der Waals surface area (Å²) in [6.45, 7) is 0. The Morgan fingerprint density at radius 3 is 2.93 bits per heavy atom. The normalized spacial score (nSPS) is 9.87. The molecule has 0 bridgehead atoms. The van der Waals surface area contributed by atoms with E-state index in [1.54, 1.807) is 19.4 Å². The Morgan fingerprint density at radius 1 is 1.47 bits per heavy atom. The Balaban J connectivity index is 2.82. The van der Waals surface area contributed by atoms with E-state index in [0.29, 0.717) is 11.3 Å². The molecule has 0 unspecified atom stereocenters. The van der Waals surface area contributed by atoms with Gasteiger partial charge in [-0.3, -0.25) is 0 Å². The number of methoxy groups -OCH3 is 1. The van der Waals surface area contributed by atoms with Crippen LogP contribution in [0.1, 0.15) is 5.56 Å². The Bertz CT molecular complexity index is 557. The highest BCUT2D eigenvalue weighted by Crippen LogP contribution is 2.25. The third-order valence-corrected chi connectivity index (χ3v) is 2.05. The third kappa shape index (κ3) is 1.55. The summed E-state index contributed by atoms with van der Waals surface area (Å²) in [4.78, 5) is 8.00. The van der Waals surface area contributed by atoms with Crippen LogP contribution in [0.15, 0.2) is 18.3 Å². The lowest BCUT2D eigenvalue weighted by Crippen LogP contribution is -1.96. The minimum atomic E-state index is 0.217. The summed E-state index contributed by atoms with van der Waals surface area (Å²) in [5.41, 5.74) is 6.90. The average Bonchev–Trinajstić information content (AvgIpc) is 2.27. The number of rotatable bonds is 1. The highest BCUT2D eigenvalue weighted by atomic mass is 16.5. The van der Waals surface area contributed by atoms with E-state index in [1.807, 2.05) is 6.07 Å². The predicted octanol–water partition coefficient (Wildman–Crippen LogP) is 1.20. The number of nitrogens with zero attached hydrogens (tertiary/aromatic N) is 2. The molecule has 4 nitrogen and oxygen atoms in total. The van der Waals surface area contributed by atoms with E-state index in [0.717, 1.165) is 10.9 Å². The molecule has 15 heavy (non-hydrogen) atoms. The first-order valence-electron chi connectivity index (χ1n) is 4.31. The molecule has 0 aliphatic heterocycles. The van der Waals surface area contributed by atoms with Crippen LogP contribution in [0.2, 0.25) is 0 Å². The van der Waals surface area contributed by atoms with E-state index in [2.05, 4.69) is 15.9 Å². The number of hydrogen-bond acceptors (Lipinski definition) is 4. The van der Waals surface area contributed by atoms with Crippen LogP contribution in [0.5, 0.6) is 5.75 Å². The first kappa shape index (κ1) is 9.28. The molecule has 1 aromatic carbocycles. The van der Waals surface area contributed by atoms with Crippen molar-refractivity contribution in [2.45, 2.75) is 0 Å². The van der Waals surface area contributed by atoms with E-state index in [4.69, 9.17) is 16.9 Å². The summed E-state index contributed by atoms with van der Waals surface area (Å²) in [6.07, 6.45) is 6.95. The van der Waals surface area contributed by atoms with Crippen LogP contribution < -0.4 is 10.5 Å². The van der Waals surface area contributed by atoms with Crippen LogP contribution >= 0.6 is 0 Å². The van der Waals surface area contributed by atoms with Gasteiger partial charge in [0, 0.05) is 17.1 Å². The SMILES string of the molecule is C#Cc1cc(OC)c2nc(N)ncc2c1. The van der Waals surface area contributed by atoms with E-state index in [-0.39, 0.29) is 5.95 Å². The molecular formula is C11H9N3O. The minimum absolute atomic E-state index is 0.217. The number of fused-ring (bicyclic) bond motifs is 1. The second kappa shape index (κ2) is 3.46. The summed E-state index contributed by atoms with van der Waals surface area (Å²) < 4.78 is 5.18. The van der Waals surface area contributed by atoms with Gasteiger partial charge in [0.2, 0.25) is 5.95 Å². The largest absolute Gasteiger partial charge is 0.494 e. The average molecular weight is 199 g/mol. The molecule has 2 N–H and O–H groups in total. The first-order chi connectivity index (χ1) is 7.24. The van der Waals surface area contributed by atoms with Crippen molar-refractivity contribution in [1.82, 2.24) is 9.97 Å². The third-order valence-electron chi connectivity index (χ3n) is 2.05. The molecule has 0 amide bonds. The number of anilines is 1. The van der Waals surface area contributed by atoms with Gasteiger partial charge in [-0.2, -0.15) is 0 Å². The predicted molar refractivity (Wildman–Crippen MR) is 58.4 cm³/mol. The second-order valence-electron chi connectivity index (χ2n) is 2.99. The van der Waals surface area contributed by atoms with Gasteiger partial charge in [0.15, 0.2) is 0 Å². The molecule has 0 aliphatic rings. The van der Waals surface area contributed by atoms with Crippen LogP contribution in [-0.2, 0) is 0 Å². The van der Waals surface area contributed by atoms with Gasteiger partial charge in [0.05, 0.1) is 7.11 Å². The number of ether oxygens (including phenoxy) is 1. The summed E-state index contributed by atoms with van der Waals surface area (Å²) in [5.74, 6) is 3.36. The number of aromatic nitrogens is 2. The van der Waals surface area contributed by atoms with E-state index < -0.39 is 0 Å². The smallest absolute Gasteiger partial charge is 0.220 e. The zero-order chi connectivity index (χ0) is 10.8. The van der Waals surface area contributed by atoms with Gasteiger partial charge < -0.3 is 10.5 Å². The van der Waals surface area contributed by atoms with Crippen molar-refractivity contribution in [3.05, 3.63) is 23.9 Å². The van der Waals surface area contributed by atoms with Crippen LogP contribution in [0.4, 0.5) is 5.95 Å². The topological polar surface area (TPSA) is 61.0 Å². The molecule has 0 radical (unpaired) electrons. The van der Waals surface area contributed by atoms with Gasteiger partial charge >= 0.3 is 0 Å². The highest BCUT2D eigenvalue weighted by molar-refractivity contribution is 5.86. The number of benzene rings is 1. The van der Waals surface area contributed by atoms with Crippen LogP contribution in [0.3, 0.4) is 0 Å². The maximum Gasteiger partial charge on any atom is 0.220 e. The van der Waals surface area contributed by atoms with Crippen molar-refractivity contribution in [1.29, 1.82) is 0 Å². The standard InChI is InChI=1S/C11H9N3O/c1-3-7-4-8-6-13-11(12)14-10(8)9(5-7)15-2/h1,4-6H,2H3,(H2,12,13,14). The molecule has 4 heteroatoms. The Labute approximate surface area is 87.1 Å². The summed E-state index contributed by atoms with van der Waals surface area (Å²) in [7, 11) is 1.56. The zero-order valence-electron chi connectivity index (χ0n) is 8.19. The van der Waals surface area contributed by atoms with Crippen molar-refractivity contribution in [2.24, 2.45) is 0 Å². The van der Waals surface area contributed by atoms with Crippen LogP contribution in [0, 0.1) is 12.3 Å². The molecule has 0 spiro atoms. The maximum absolute atomic E-state index is 5.50. The fourth-order valence-corrected chi connectivity index (χ4v) is 1.37. The summed E-state index contributed by atoms with van der Waals surface area (Å²) in [6, 6.07) is 3.56. The number of nitrogens with two attached hydrogens (primary N) is 1. The molecule has 0 saturated heterocycles. The molecule has 2 aromatic rings. The summed E-state index contributed by atoms with van der Waals surface area (Å²) in [5, 5.41) is 0.816. The highest BCUT2D eigenvalue weighted by Gasteiger charge is 2.05. The molecular weight excluding hydrogens is 190 g/mol. The molecule has 2 rings (SSSR count). The fraction of sp³-hybridized carbons (Fsp3) is 0.0909. The zero-order valence-corrected chi connectivity index (χ0v) is 8.19. The van der Waals surface area contributed by atoms with Gasteiger partial charge in [0.1, 0.15) is 11.3 Å². The van der Waals surface area contributed by atoms with Crippen LogP contribution in [-0.4, -0.2) is 17.1 Å². The lowest BCUT2D eigenvalue weighted by atomic mass is 10.1. The molecule has 0 atom stereocenters. The van der Waals surface area contributed by atoms with Gasteiger partial charge in [-0.1, -0.05) is 5.92 Å². The number of terminal acetylenes is 1. The molecule has 74 valence electrons. The van der Waals surface area contributed by atoms with Gasteiger partial charge in [-0.05, 0) is 12.1 Å². The van der Waals surface area contributed by atoms with Gasteiger partial charge in [-0.15, -0.1) is 6.42 Å². The molecule has 0 saturated carbocycles. The van der Waals surface area contributed by atoms with E-state index >= 15 is 0 Å². The van der Waals surface area contributed by atoms with Gasteiger partial charge in [-0.25, -0.2) is 9.97 Å². The quantitative estimate of drug-likeness (QED) is 0.701. The maximum atomic E-state index is 5.50. The van der Waals surface area contributed by atoms with E-state index in [9.17, 15) is 0 Å². The van der Waals surface area contributed by atoms with Crippen molar-refractivity contribution >= 4 is 16.9 Å². The lowest BCUT2D eigenvalue weighted by Gasteiger charge is -2.05. The van der Waals surface area contributed by atoms with Crippen LogP contribution in [0.25, 0.3) is 10.9 Å². The van der Waals surface area contributed by atoms with Gasteiger partial charge in [0.25, 0.3) is 0 Å². The Morgan fingerprint density at radius 2 is 2.27 bits per heavy atom. The van der Waals surface area contributed by atoms with Crippen molar-refractivity contribution in [3.8, 4) is 18.1 Å². The van der Waals surface area contributed by atoms with Crippen molar-refractivity contribution < 1.29 is 4.74 Å². The second-order valence-corrected chi connectivity index (χ2v) is 2.99. The molecule has 0 aliphatic carbocycles. The number of nitrogen functional groups attached to an aromatic ring is 1. The Kier molecular flexibility index (Phi) is 2.14. The van der Waals surface area contributed by atoms with E-state index in [1.165, 1.54) is 0 Å². The molecule has 0 fully saturated rings.